The van der Waals surface area contributed by atoms with Crippen LogP contribution in [0.3, 0.4) is 0 Å². The van der Waals surface area contributed by atoms with Gasteiger partial charge in [-0.05, 0) is 31.6 Å². The van der Waals surface area contributed by atoms with Gasteiger partial charge in [0.05, 0.1) is 0 Å². The third-order valence-corrected chi connectivity index (χ3v) is 1.86. The summed E-state index contributed by atoms with van der Waals surface area (Å²) in [5, 5.41) is 0. The minimum atomic E-state index is 0.630. The fraction of sp³-hybridized carbons (Fsp3) is 0.231. The molecule has 1 aromatic carbocycles. The van der Waals surface area contributed by atoms with Gasteiger partial charge in [0.25, 0.3) is 0 Å². The van der Waals surface area contributed by atoms with Gasteiger partial charge in [-0.3, -0.25) is 0 Å². The number of hydrogen-bond donors (Lipinski definition) is 0. The van der Waals surface area contributed by atoms with Gasteiger partial charge in [-0.1, -0.05) is 36.4 Å². The lowest BCUT2D eigenvalue weighted by molar-refractivity contribution is 0.210. The average molecular weight is 188 g/mol. The van der Waals surface area contributed by atoms with Gasteiger partial charge < -0.3 is 4.74 Å². The normalized spacial score (nSPS) is 12.0. The second-order valence-electron chi connectivity index (χ2n) is 2.97. The molecule has 0 bridgehead atoms. The molecule has 0 fully saturated rings. The van der Waals surface area contributed by atoms with Crippen LogP contribution in [0.5, 0.6) is 0 Å². The second kappa shape index (κ2) is 6.03. The first-order valence-corrected chi connectivity index (χ1v) is 4.82. The summed E-state index contributed by atoms with van der Waals surface area (Å²) in [6, 6.07) is 10.2. The molecule has 0 aliphatic heterocycles. The van der Waals surface area contributed by atoms with E-state index in [0.717, 1.165) is 5.76 Å². The third-order valence-electron chi connectivity index (χ3n) is 1.86. The smallest absolute Gasteiger partial charge is 0.115 e. The average Bonchev–Trinajstić information content (AvgIpc) is 2.25. The van der Waals surface area contributed by atoms with Crippen LogP contribution in [0.15, 0.2) is 54.3 Å². The zero-order valence-electron chi connectivity index (χ0n) is 8.73. The topological polar surface area (TPSA) is 9.23 Å². The summed E-state index contributed by atoms with van der Waals surface area (Å²) < 4.78 is 5.59. The van der Waals surface area contributed by atoms with Gasteiger partial charge in [0, 0.05) is 0 Å². The quantitative estimate of drug-likeness (QED) is 0.517. The molecule has 74 valence electrons. The van der Waals surface area contributed by atoms with Crippen molar-refractivity contribution in [2.45, 2.75) is 20.5 Å². The molecule has 1 aromatic rings. The SMILES string of the molecule is C/C=C\C(=C/C)OCc1ccccc1. The lowest BCUT2D eigenvalue weighted by atomic mass is 10.2. The maximum Gasteiger partial charge on any atom is 0.115 e. The molecule has 0 N–H and O–H groups in total. The van der Waals surface area contributed by atoms with Crippen molar-refractivity contribution in [1.29, 1.82) is 0 Å². The molecule has 0 saturated heterocycles. The Morgan fingerprint density at radius 3 is 2.50 bits per heavy atom. The highest BCUT2D eigenvalue weighted by Gasteiger charge is 1.93. The fourth-order valence-electron chi connectivity index (χ4n) is 1.13. The van der Waals surface area contributed by atoms with Crippen LogP contribution in [0.4, 0.5) is 0 Å². The Morgan fingerprint density at radius 1 is 1.21 bits per heavy atom. The molecule has 0 spiro atoms. The Kier molecular flexibility index (Phi) is 4.56. The lowest BCUT2D eigenvalue weighted by Gasteiger charge is -2.06. The fourth-order valence-corrected chi connectivity index (χ4v) is 1.13. The minimum Gasteiger partial charge on any atom is -0.489 e. The van der Waals surface area contributed by atoms with E-state index in [-0.39, 0.29) is 0 Å². The van der Waals surface area contributed by atoms with Gasteiger partial charge in [0.1, 0.15) is 12.4 Å². The van der Waals surface area contributed by atoms with Gasteiger partial charge in [-0.2, -0.15) is 0 Å². The molecule has 0 radical (unpaired) electrons. The lowest BCUT2D eigenvalue weighted by Crippen LogP contribution is -1.90. The van der Waals surface area contributed by atoms with E-state index in [1.54, 1.807) is 0 Å². The zero-order chi connectivity index (χ0) is 10.2. The molecule has 1 heteroatoms. The molecule has 1 nitrogen and oxygen atoms in total. The summed E-state index contributed by atoms with van der Waals surface area (Å²) in [5.41, 5.74) is 1.19. The van der Waals surface area contributed by atoms with Crippen LogP contribution in [0.2, 0.25) is 0 Å². The van der Waals surface area contributed by atoms with Gasteiger partial charge in [0.15, 0.2) is 0 Å². The number of allylic oxidation sites excluding steroid dienone is 3. The van der Waals surface area contributed by atoms with E-state index >= 15 is 0 Å². The van der Waals surface area contributed by atoms with E-state index in [9.17, 15) is 0 Å². The minimum absolute atomic E-state index is 0.630. The molecular formula is C13H16O. The highest BCUT2D eigenvalue weighted by atomic mass is 16.5. The zero-order valence-corrected chi connectivity index (χ0v) is 8.73. The summed E-state index contributed by atoms with van der Waals surface area (Å²) >= 11 is 0. The van der Waals surface area contributed by atoms with E-state index in [1.807, 2.05) is 50.3 Å². The van der Waals surface area contributed by atoms with E-state index in [2.05, 4.69) is 12.1 Å². The van der Waals surface area contributed by atoms with Crippen molar-refractivity contribution in [1.82, 2.24) is 0 Å². The Hall–Kier alpha value is -1.50. The first-order chi connectivity index (χ1) is 6.86. The predicted octanol–water partition coefficient (Wildman–Crippen LogP) is 3.68. The molecular weight excluding hydrogens is 172 g/mol. The van der Waals surface area contributed by atoms with Crippen LogP contribution in [0.1, 0.15) is 19.4 Å². The molecule has 0 unspecified atom stereocenters. The number of hydrogen-bond acceptors (Lipinski definition) is 1. The molecule has 0 heterocycles. The molecule has 0 aliphatic rings. The van der Waals surface area contributed by atoms with E-state index < -0.39 is 0 Å². The first kappa shape index (κ1) is 10.6. The highest BCUT2D eigenvalue weighted by molar-refractivity contribution is 5.15. The third kappa shape index (κ3) is 3.48. The predicted molar refractivity (Wildman–Crippen MR) is 59.8 cm³/mol. The standard InChI is InChI=1S/C13H16O/c1-3-8-13(4-2)14-11-12-9-6-5-7-10-12/h3-10H,11H2,1-2H3/b8-3-,13-4+. The monoisotopic (exact) mass is 188 g/mol. The van der Waals surface area contributed by atoms with Crippen molar-refractivity contribution < 1.29 is 4.74 Å². The first-order valence-electron chi connectivity index (χ1n) is 4.82. The van der Waals surface area contributed by atoms with Crippen LogP contribution >= 0.6 is 0 Å². The van der Waals surface area contributed by atoms with Crippen molar-refractivity contribution >= 4 is 0 Å². The van der Waals surface area contributed by atoms with Crippen LogP contribution < -0.4 is 0 Å². The van der Waals surface area contributed by atoms with Crippen molar-refractivity contribution in [3.05, 3.63) is 59.9 Å². The van der Waals surface area contributed by atoms with Crippen LogP contribution in [0.25, 0.3) is 0 Å². The Bertz CT molecular complexity index is 309. The molecule has 0 aromatic heterocycles. The summed E-state index contributed by atoms with van der Waals surface area (Å²) in [4.78, 5) is 0. The summed E-state index contributed by atoms with van der Waals surface area (Å²) in [6.45, 7) is 4.58. The van der Waals surface area contributed by atoms with E-state index in [4.69, 9.17) is 4.74 Å². The van der Waals surface area contributed by atoms with Crippen molar-refractivity contribution in [3.8, 4) is 0 Å². The molecule has 0 amide bonds. The summed E-state index contributed by atoms with van der Waals surface area (Å²) in [6.07, 6.45) is 5.90. The highest BCUT2D eigenvalue weighted by Crippen LogP contribution is 2.06. The second-order valence-corrected chi connectivity index (χ2v) is 2.97. The van der Waals surface area contributed by atoms with Gasteiger partial charge in [-0.25, -0.2) is 0 Å². The number of benzene rings is 1. The molecule has 14 heavy (non-hydrogen) atoms. The van der Waals surface area contributed by atoms with Crippen LogP contribution in [-0.2, 0) is 11.3 Å². The molecule has 0 aliphatic carbocycles. The van der Waals surface area contributed by atoms with Gasteiger partial charge in [0.2, 0.25) is 0 Å². The van der Waals surface area contributed by atoms with Crippen molar-refractivity contribution in [3.63, 3.8) is 0 Å². The number of rotatable bonds is 4. The van der Waals surface area contributed by atoms with E-state index in [1.165, 1.54) is 5.56 Å². The Labute approximate surface area is 85.7 Å². The maximum atomic E-state index is 5.59. The molecule has 0 atom stereocenters. The molecule has 0 saturated carbocycles. The van der Waals surface area contributed by atoms with Crippen LogP contribution in [-0.4, -0.2) is 0 Å². The van der Waals surface area contributed by atoms with Crippen molar-refractivity contribution in [2.75, 3.05) is 0 Å². The maximum absolute atomic E-state index is 5.59. The largest absolute Gasteiger partial charge is 0.489 e. The number of ether oxygens (including phenoxy) is 1. The van der Waals surface area contributed by atoms with Gasteiger partial charge in [-0.15, -0.1) is 0 Å². The van der Waals surface area contributed by atoms with Crippen molar-refractivity contribution in [2.24, 2.45) is 0 Å². The Balaban J connectivity index is 2.48. The Morgan fingerprint density at radius 2 is 1.93 bits per heavy atom. The summed E-state index contributed by atoms with van der Waals surface area (Å²) in [7, 11) is 0. The molecule has 1 rings (SSSR count). The van der Waals surface area contributed by atoms with E-state index in [0.29, 0.717) is 6.61 Å². The summed E-state index contributed by atoms with van der Waals surface area (Å²) in [5.74, 6) is 0.913. The van der Waals surface area contributed by atoms with Crippen LogP contribution in [0, 0.1) is 0 Å². The van der Waals surface area contributed by atoms with Gasteiger partial charge >= 0.3 is 0 Å².